The molecule has 0 fully saturated rings. The van der Waals surface area contributed by atoms with Crippen LogP contribution in [0.5, 0.6) is 0 Å². The Bertz CT molecular complexity index is 400. The molecule has 0 saturated heterocycles. The van der Waals surface area contributed by atoms with Crippen molar-refractivity contribution in [1.29, 1.82) is 0 Å². The van der Waals surface area contributed by atoms with Gasteiger partial charge in [0, 0.05) is 17.1 Å². The lowest BCUT2D eigenvalue weighted by Gasteiger charge is -2.08. The first-order valence-electron chi connectivity index (χ1n) is 4.99. The minimum Gasteiger partial charge on any atom is -0.394 e. The summed E-state index contributed by atoms with van der Waals surface area (Å²) in [5.74, 6) is -0.409. The van der Waals surface area contributed by atoms with E-state index in [1.165, 1.54) is 30.0 Å². The smallest absolute Gasteiger partial charge is 0.248 e. The van der Waals surface area contributed by atoms with Crippen molar-refractivity contribution >= 4 is 17.7 Å². The monoisotopic (exact) mass is 259 g/mol. The van der Waals surface area contributed by atoms with Crippen molar-refractivity contribution in [2.45, 2.75) is 11.9 Å². The fourth-order valence-corrected chi connectivity index (χ4v) is 2.13. The van der Waals surface area contributed by atoms with E-state index in [9.17, 15) is 9.18 Å². The number of thioether (sulfide) groups is 1. The Morgan fingerprint density at radius 3 is 2.82 bits per heavy atom. The molecule has 17 heavy (non-hydrogen) atoms. The largest absolute Gasteiger partial charge is 0.394 e. The van der Waals surface area contributed by atoms with E-state index < -0.39 is 17.8 Å². The third-order valence-corrected chi connectivity index (χ3v) is 3.24. The number of carbonyl (C=O) groups is 1. The molecule has 1 unspecified atom stereocenters. The van der Waals surface area contributed by atoms with Crippen molar-refractivity contribution in [1.82, 2.24) is 0 Å². The van der Waals surface area contributed by atoms with Gasteiger partial charge in [-0.1, -0.05) is 0 Å². The predicted molar refractivity (Wildman–Crippen MR) is 64.2 cm³/mol. The average Bonchev–Trinajstić information content (AvgIpc) is 2.30. The molecule has 94 valence electrons. The van der Waals surface area contributed by atoms with Crippen molar-refractivity contribution in [2.75, 3.05) is 12.4 Å². The second kappa shape index (κ2) is 6.58. The number of rotatable bonds is 6. The van der Waals surface area contributed by atoms with Crippen LogP contribution in [-0.4, -0.2) is 34.6 Å². The van der Waals surface area contributed by atoms with Gasteiger partial charge in [0.1, 0.15) is 5.82 Å². The molecule has 0 saturated carbocycles. The molecule has 1 rings (SSSR count). The third-order valence-electron chi connectivity index (χ3n) is 2.11. The third kappa shape index (κ3) is 4.33. The van der Waals surface area contributed by atoms with Crippen LogP contribution in [-0.2, 0) is 5.75 Å². The number of benzene rings is 1. The number of hydrogen-bond donors (Lipinski definition) is 3. The summed E-state index contributed by atoms with van der Waals surface area (Å²) in [5.41, 5.74) is 5.70. The molecule has 4 nitrogen and oxygen atoms in total. The number of nitrogens with two attached hydrogens (primary N) is 1. The summed E-state index contributed by atoms with van der Waals surface area (Å²) in [5, 5.41) is 17.7. The van der Waals surface area contributed by atoms with Gasteiger partial charge in [0.2, 0.25) is 5.91 Å². The summed E-state index contributed by atoms with van der Waals surface area (Å²) in [6.45, 7) is -0.323. The molecule has 1 atom stereocenters. The molecule has 0 spiro atoms. The Morgan fingerprint density at radius 1 is 1.53 bits per heavy atom. The normalized spacial score (nSPS) is 12.4. The molecule has 1 aromatic rings. The molecule has 0 aliphatic heterocycles. The second-order valence-electron chi connectivity index (χ2n) is 3.52. The molecule has 0 bridgehead atoms. The molecule has 0 radical (unpaired) electrons. The maximum absolute atomic E-state index is 13.4. The van der Waals surface area contributed by atoms with Crippen LogP contribution >= 0.6 is 11.8 Å². The van der Waals surface area contributed by atoms with Crippen molar-refractivity contribution < 1.29 is 19.4 Å². The van der Waals surface area contributed by atoms with Crippen LogP contribution in [0.4, 0.5) is 4.39 Å². The topological polar surface area (TPSA) is 83.6 Å². The molecule has 0 heterocycles. The van der Waals surface area contributed by atoms with E-state index in [0.717, 1.165) is 0 Å². The maximum atomic E-state index is 13.4. The Hall–Kier alpha value is -1.11. The first kappa shape index (κ1) is 14.0. The summed E-state index contributed by atoms with van der Waals surface area (Å²) in [6.07, 6.45) is -0.817. The zero-order chi connectivity index (χ0) is 12.8. The molecule has 0 aliphatic rings. The maximum Gasteiger partial charge on any atom is 0.248 e. The van der Waals surface area contributed by atoms with Gasteiger partial charge in [-0.15, -0.1) is 0 Å². The molecule has 0 aliphatic carbocycles. The standard InChI is InChI=1S/C11H14FNO3S/c12-10-2-1-7(11(13)16)3-8(10)5-17-6-9(15)4-14/h1-3,9,14-15H,4-6H2,(H2,13,16). The van der Waals surface area contributed by atoms with Gasteiger partial charge in [-0.05, 0) is 23.8 Å². The summed E-state index contributed by atoms with van der Waals surface area (Å²) >= 11 is 1.27. The Balaban J connectivity index is 2.63. The predicted octanol–water partition coefficient (Wildman–Crippen LogP) is 0.511. The lowest BCUT2D eigenvalue weighted by molar-refractivity contribution is 0.1000. The number of carbonyl (C=O) groups excluding carboxylic acids is 1. The summed E-state index contributed by atoms with van der Waals surface area (Å²) in [6, 6.07) is 3.92. The van der Waals surface area contributed by atoms with E-state index in [2.05, 4.69) is 0 Å². The molecular formula is C11H14FNO3S. The van der Waals surface area contributed by atoms with E-state index in [0.29, 0.717) is 17.1 Å². The van der Waals surface area contributed by atoms with Crippen molar-refractivity contribution in [2.24, 2.45) is 5.73 Å². The van der Waals surface area contributed by atoms with Crippen molar-refractivity contribution in [3.63, 3.8) is 0 Å². The molecule has 1 amide bonds. The molecular weight excluding hydrogens is 245 g/mol. The Labute approximate surface area is 103 Å². The van der Waals surface area contributed by atoms with Gasteiger partial charge in [-0.3, -0.25) is 4.79 Å². The quantitative estimate of drug-likeness (QED) is 0.695. The highest BCUT2D eigenvalue weighted by molar-refractivity contribution is 7.98. The lowest BCUT2D eigenvalue weighted by Crippen LogP contribution is -2.15. The van der Waals surface area contributed by atoms with Crippen LogP contribution in [0.3, 0.4) is 0 Å². The average molecular weight is 259 g/mol. The number of aliphatic hydroxyl groups excluding tert-OH is 2. The van der Waals surface area contributed by atoms with Gasteiger partial charge in [-0.25, -0.2) is 4.39 Å². The first-order chi connectivity index (χ1) is 8.04. The molecule has 6 heteroatoms. The number of amides is 1. The SMILES string of the molecule is NC(=O)c1ccc(F)c(CSCC(O)CO)c1. The fraction of sp³-hybridized carbons (Fsp3) is 0.364. The molecule has 1 aromatic carbocycles. The van der Waals surface area contributed by atoms with Crippen molar-refractivity contribution in [3.8, 4) is 0 Å². The van der Waals surface area contributed by atoms with Crippen LogP contribution in [0.25, 0.3) is 0 Å². The van der Waals surface area contributed by atoms with E-state index in [4.69, 9.17) is 15.9 Å². The van der Waals surface area contributed by atoms with Gasteiger partial charge in [0.05, 0.1) is 12.7 Å². The zero-order valence-corrected chi connectivity index (χ0v) is 9.91. The van der Waals surface area contributed by atoms with Gasteiger partial charge >= 0.3 is 0 Å². The van der Waals surface area contributed by atoms with E-state index in [1.54, 1.807) is 0 Å². The van der Waals surface area contributed by atoms with Crippen LogP contribution in [0.1, 0.15) is 15.9 Å². The fourth-order valence-electron chi connectivity index (χ4n) is 1.20. The van der Waals surface area contributed by atoms with Crippen LogP contribution in [0.2, 0.25) is 0 Å². The highest BCUT2D eigenvalue weighted by Gasteiger charge is 2.08. The number of primary amides is 1. The summed E-state index contributed by atoms with van der Waals surface area (Å²) in [7, 11) is 0. The highest BCUT2D eigenvalue weighted by atomic mass is 32.2. The Kier molecular flexibility index (Phi) is 5.40. The summed E-state index contributed by atoms with van der Waals surface area (Å²) < 4.78 is 13.4. The lowest BCUT2D eigenvalue weighted by atomic mass is 10.1. The van der Waals surface area contributed by atoms with Gasteiger partial charge in [0.25, 0.3) is 0 Å². The Morgan fingerprint density at radius 2 is 2.24 bits per heavy atom. The highest BCUT2D eigenvalue weighted by Crippen LogP contribution is 2.18. The number of halogens is 1. The van der Waals surface area contributed by atoms with Gasteiger partial charge in [-0.2, -0.15) is 11.8 Å². The van der Waals surface area contributed by atoms with Gasteiger partial charge in [0.15, 0.2) is 0 Å². The van der Waals surface area contributed by atoms with Crippen LogP contribution in [0, 0.1) is 5.82 Å². The van der Waals surface area contributed by atoms with Crippen LogP contribution < -0.4 is 5.73 Å². The number of hydrogen-bond acceptors (Lipinski definition) is 4. The second-order valence-corrected chi connectivity index (χ2v) is 4.55. The minimum absolute atomic E-state index is 0.254. The molecule has 4 N–H and O–H groups in total. The first-order valence-corrected chi connectivity index (χ1v) is 6.15. The van der Waals surface area contributed by atoms with Gasteiger partial charge < -0.3 is 15.9 Å². The van der Waals surface area contributed by atoms with E-state index in [1.807, 2.05) is 0 Å². The zero-order valence-electron chi connectivity index (χ0n) is 9.10. The van der Waals surface area contributed by atoms with Crippen molar-refractivity contribution in [3.05, 3.63) is 35.1 Å². The van der Waals surface area contributed by atoms with E-state index >= 15 is 0 Å². The summed E-state index contributed by atoms with van der Waals surface area (Å²) in [4.78, 5) is 10.9. The molecule has 0 aromatic heterocycles. The number of aliphatic hydroxyl groups is 2. The minimum atomic E-state index is -0.817. The van der Waals surface area contributed by atoms with E-state index in [-0.39, 0.29) is 12.2 Å². The van der Waals surface area contributed by atoms with Crippen LogP contribution in [0.15, 0.2) is 18.2 Å².